The molecular formula is C16H14N2O. The summed E-state index contributed by atoms with van der Waals surface area (Å²) in [7, 11) is 1.64. The van der Waals surface area contributed by atoms with Gasteiger partial charge < -0.3 is 4.74 Å². The summed E-state index contributed by atoms with van der Waals surface area (Å²) in [6, 6.07) is 18.1. The highest BCUT2D eigenvalue weighted by Crippen LogP contribution is 2.22. The number of hydrogen-bond donors (Lipinski definition) is 0. The summed E-state index contributed by atoms with van der Waals surface area (Å²) in [6.45, 7) is 0. The minimum absolute atomic E-state index is 0.636. The molecule has 0 unspecified atom stereocenters. The first-order valence-corrected chi connectivity index (χ1v) is 6.20. The number of rotatable bonds is 3. The molecule has 19 heavy (non-hydrogen) atoms. The molecule has 0 fully saturated rings. The quantitative estimate of drug-likeness (QED) is 0.715. The number of aromatic nitrogens is 2. The van der Waals surface area contributed by atoms with Crippen molar-refractivity contribution >= 4 is 10.9 Å². The molecule has 0 aliphatic rings. The summed E-state index contributed by atoms with van der Waals surface area (Å²) in [5, 5.41) is 0.946. The van der Waals surface area contributed by atoms with E-state index in [1.54, 1.807) is 7.11 Å². The monoisotopic (exact) mass is 250 g/mol. The van der Waals surface area contributed by atoms with E-state index in [-0.39, 0.29) is 0 Å². The molecule has 94 valence electrons. The Bertz CT molecular complexity index is 695. The number of nitrogens with zero attached hydrogens (tertiary/aromatic N) is 2. The van der Waals surface area contributed by atoms with Gasteiger partial charge >= 0.3 is 0 Å². The molecule has 2 aromatic carbocycles. The lowest BCUT2D eigenvalue weighted by atomic mass is 10.1. The van der Waals surface area contributed by atoms with Crippen LogP contribution in [0.5, 0.6) is 5.88 Å². The predicted octanol–water partition coefficient (Wildman–Crippen LogP) is 3.23. The van der Waals surface area contributed by atoms with Crippen molar-refractivity contribution in [2.75, 3.05) is 7.11 Å². The van der Waals surface area contributed by atoms with Crippen molar-refractivity contribution in [1.29, 1.82) is 0 Å². The van der Waals surface area contributed by atoms with Crippen LogP contribution in [-0.2, 0) is 6.42 Å². The Morgan fingerprint density at radius 1 is 0.895 bits per heavy atom. The van der Waals surface area contributed by atoms with Crippen molar-refractivity contribution in [3.05, 3.63) is 66.0 Å². The zero-order valence-corrected chi connectivity index (χ0v) is 10.7. The van der Waals surface area contributed by atoms with E-state index in [0.29, 0.717) is 12.3 Å². The highest BCUT2D eigenvalue weighted by atomic mass is 16.5. The lowest BCUT2D eigenvalue weighted by Crippen LogP contribution is -2.00. The van der Waals surface area contributed by atoms with Crippen molar-refractivity contribution < 1.29 is 4.74 Å². The Kier molecular flexibility index (Phi) is 3.11. The first kappa shape index (κ1) is 11.7. The van der Waals surface area contributed by atoms with Gasteiger partial charge in [-0.2, -0.15) is 4.98 Å². The highest BCUT2D eigenvalue weighted by Gasteiger charge is 2.07. The average molecular weight is 250 g/mol. The van der Waals surface area contributed by atoms with E-state index >= 15 is 0 Å². The molecule has 0 aliphatic carbocycles. The van der Waals surface area contributed by atoms with Gasteiger partial charge in [0.25, 0.3) is 0 Å². The molecule has 3 nitrogen and oxygen atoms in total. The van der Waals surface area contributed by atoms with Crippen LogP contribution < -0.4 is 4.74 Å². The summed E-state index contributed by atoms with van der Waals surface area (Å²) >= 11 is 0. The van der Waals surface area contributed by atoms with Crippen molar-refractivity contribution in [2.45, 2.75) is 6.42 Å². The zero-order chi connectivity index (χ0) is 13.1. The highest BCUT2D eigenvalue weighted by molar-refractivity contribution is 5.83. The van der Waals surface area contributed by atoms with Gasteiger partial charge in [0.2, 0.25) is 5.88 Å². The molecular weight excluding hydrogens is 236 g/mol. The summed E-state index contributed by atoms with van der Waals surface area (Å²) in [6.07, 6.45) is 0.710. The summed E-state index contributed by atoms with van der Waals surface area (Å²) < 4.78 is 5.35. The van der Waals surface area contributed by atoms with Gasteiger partial charge in [0.05, 0.1) is 18.0 Å². The van der Waals surface area contributed by atoms with E-state index in [9.17, 15) is 0 Å². The van der Waals surface area contributed by atoms with Crippen molar-refractivity contribution in [1.82, 2.24) is 9.97 Å². The second-order valence-electron chi connectivity index (χ2n) is 4.33. The third-order valence-electron chi connectivity index (χ3n) is 3.01. The van der Waals surface area contributed by atoms with Gasteiger partial charge in [0.1, 0.15) is 5.82 Å². The second-order valence-corrected chi connectivity index (χ2v) is 4.33. The second kappa shape index (κ2) is 5.06. The number of para-hydroxylation sites is 1. The number of hydrogen-bond acceptors (Lipinski definition) is 3. The summed E-state index contributed by atoms with van der Waals surface area (Å²) in [4.78, 5) is 9.07. The van der Waals surface area contributed by atoms with E-state index in [0.717, 1.165) is 16.7 Å². The lowest BCUT2D eigenvalue weighted by Gasteiger charge is -2.07. The Morgan fingerprint density at radius 3 is 2.42 bits per heavy atom. The van der Waals surface area contributed by atoms with Gasteiger partial charge in [-0.1, -0.05) is 42.5 Å². The Balaban J connectivity index is 2.05. The normalized spacial score (nSPS) is 10.6. The van der Waals surface area contributed by atoms with Crippen LogP contribution in [0.15, 0.2) is 54.6 Å². The molecule has 1 heterocycles. The third-order valence-corrected chi connectivity index (χ3v) is 3.01. The van der Waals surface area contributed by atoms with Gasteiger partial charge in [-0.3, -0.25) is 0 Å². The van der Waals surface area contributed by atoms with Gasteiger partial charge in [-0.25, -0.2) is 4.98 Å². The fourth-order valence-electron chi connectivity index (χ4n) is 2.11. The van der Waals surface area contributed by atoms with Crippen LogP contribution in [-0.4, -0.2) is 17.1 Å². The van der Waals surface area contributed by atoms with E-state index in [2.05, 4.69) is 22.1 Å². The van der Waals surface area contributed by atoms with E-state index in [1.807, 2.05) is 42.5 Å². The molecule has 0 spiro atoms. The number of fused-ring (bicyclic) bond motifs is 1. The zero-order valence-electron chi connectivity index (χ0n) is 10.7. The molecule has 3 aromatic rings. The van der Waals surface area contributed by atoms with Crippen molar-refractivity contribution in [3.8, 4) is 5.88 Å². The Labute approximate surface area is 111 Å². The van der Waals surface area contributed by atoms with Gasteiger partial charge in [-0.05, 0) is 17.7 Å². The third kappa shape index (κ3) is 2.40. The predicted molar refractivity (Wildman–Crippen MR) is 75.3 cm³/mol. The smallest absolute Gasteiger partial charge is 0.224 e. The maximum absolute atomic E-state index is 5.35. The van der Waals surface area contributed by atoms with Crippen LogP contribution in [0.4, 0.5) is 0 Å². The maximum Gasteiger partial charge on any atom is 0.224 e. The van der Waals surface area contributed by atoms with Gasteiger partial charge in [0, 0.05) is 6.42 Å². The average Bonchev–Trinajstić information content (AvgIpc) is 2.47. The molecule has 0 atom stereocenters. The van der Waals surface area contributed by atoms with E-state index in [4.69, 9.17) is 4.74 Å². The molecule has 1 aromatic heterocycles. The molecule has 0 amide bonds. The maximum atomic E-state index is 5.35. The summed E-state index contributed by atoms with van der Waals surface area (Å²) in [5.41, 5.74) is 2.11. The lowest BCUT2D eigenvalue weighted by molar-refractivity contribution is 0.401. The molecule has 3 rings (SSSR count). The molecule has 0 N–H and O–H groups in total. The van der Waals surface area contributed by atoms with Gasteiger partial charge in [0.15, 0.2) is 0 Å². The Hall–Kier alpha value is -2.42. The fraction of sp³-hybridized carbons (Fsp3) is 0.125. The van der Waals surface area contributed by atoms with Crippen LogP contribution in [0.2, 0.25) is 0 Å². The standard InChI is InChI=1S/C16H14N2O/c1-19-16-13-9-5-6-10-14(13)17-15(18-16)11-12-7-3-2-4-8-12/h2-10H,11H2,1H3. The molecule has 0 bridgehead atoms. The number of methoxy groups -OCH3 is 1. The van der Waals surface area contributed by atoms with Crippen molar-refractivity contribution in [2.24, 2.45) is 0 Å². The molecule has 0 saturated heterocycles. The molecule has 0 saturated carbocycles. The Morgan fingerprint density at radius 2 is 1.63 bits per heavy atom. The van der Waals surface area contributed by atoms with Crippen LogP contribution >= 0.6 is 0 Å². The SMILES string of the molecule is COc1nc(Cc2ccccc2)nc2ccccc12. The minimum atomic E-state index is 0.636. The van der Waals surface area contributed by atoms with E-state index in [1.165, 1.54) is 5.56 Å². The summed E-state index contributed by atoms with van der Waals surface area (Å²) in [5.74, 6) is 1.42. The van der Waals surface area contributed by atoms with Crippen LogP contribution in [0, 0.1) is 0 Å². The van der Waals surface area contributed by atoms with Crippen LogP contribution in [0.1, 0.15) is 11.4 Å². The van der Waals surface area contributed by atoms with Crippen LogP contribution in [0.25, 0.3) is 10.9 Å². The minimum Gasteiger partial charge on any atom is -0.480 e. The fourth-order valence-corrected chi connectivity index (χ4v) is 2.11. The largest absolute Gasteiger partial charge is 0.480 e. The van der Waals surface area contributed by atoms with Crippen molar-refractivity contribution in [3.63, 3.8) is 0 Å². The molecule has 3 heteroatoms. The van der Waals surface area contributed by atoms with Gasteiger partial charge in [-0.15, -0.1) is 0 Å². The first-order valence-electron chi connectivity index (χ1n) is 6.20. The number of ether oxygens (including phenoxy) is 1. The topological polar surface area (TPSA) is 35.0 Å². The number of benzene rings is 2. The van der Waals surface area contributed by atoms with E-state index < -0.39 is 0 Å². The first-order chi connectivity index (χ1) is 9.36. The molecule has 0 aliphatic heterocycles. The van der Waals surface area contributed by atoms with Crippen LogP contribution in [0.3, 0.4) is 0 Å². The molecule has 0 radical (unpaired) electrons.